The van der Waals surface area contributed by atoms with Crippen LogP contribution in [0.15, 0.2) is 0 Å². The summed E-state index contributed by atoms with van der Waals surface area (Å²) < 4.78 is 0. The minimum atomic E-state index is 0.699. The van der Waals surface area contributed by atoms with E-state index in [4.69, 9.17) is 0 Å². The molecule has 1 aliphatic rings. The van der Waals surface area contributed by atoms with Crippen molar-refractivity contribution in [2.45, 2.75) is 46.2 Å². The number of likely N-dealkylation sites (tertiary alicyclic amines) is 1. The minimum Gasteiger partial charge on any atom is -0.312 e. The monoisotopic (exact) mass is 244 g/mol. The Morgan fingerprint density at radius 1 is 1.38 bits per heavy atom. The number of hydrogen-bond acceptors (Lipinski definition) is 3. The molecule has 0 amide bonds. The molecule has 16 heavy (non-hydrogen) atoms. The summed E-state index contributed by atoms with van der Waals surface area (Å²) >= 11 is 2.05. The number of rotatable bonds is 7. The van der Waals surface area contributed by atoms with E-state index in [9.17, 15) is 0 Å². The number of nitrogens with zero attached hydrogens (tertiary/aromatic N) is 1. The lowest BCUT2D eigenvalue weighted by Crippen LogP contribution is -2.37. The molecule has 1 heterocycles. The average Bonchev–Trinajstić information content (AvgIpc) is 2.60. The molecule has 2 unspecified atom stereocenters. The molecule has 1 aliphatic heterocycles. The molecule has 0 aromatic rings. The Balaban J connectivity index is 2.13. The summed E-state index contributed by atoms with van der Waals surface area (Å²) in [4.78, 5) is 2.59. The first-order chi connectivity index (χ1) is 7.65. The molecule has 0 saturated carbocycles. The summed E-state index contributed by atoms with van der Waals surface area (Å²) in [5.41, 5.74) is 0. The highest BCUT2D eigenvalue weighted by atomic mass is 32.2. The number of hydrogen-bond donors (Lipinski definition) is 1. The van der Waals surface area contributed by atoms with E-state index in [1.165, 1.54) is 37.6 Å². The molecule has 1 rings (SSSR count). The normalized spacial score (nSPS) is 26.8. The van der Waals surface area contributed by atoms with E-state index in [1.54, 1.807) is 0 Å². The van der Waals surface area contributed by atoms with Crippen LogP contribution in [0.2, 0.25) is 0 Å². The molecular weight excluding hydrogens is 216 g/mol. The molecule has 1 fully saturated rings. The Morgan fingerprint density at radius 2 is 2.12 bits per heavy atom. The third-order valence-corrected chi connectivity index (χ3v) is 4.43. The van der Waals surface area contributed by atoms with Crippen LogP contribution in [0.5, 0.6) is 0 Å². The van der Waals surface area contributed by atoms with Gasteiger partial charge in [-0.15, -0.1) is 0 Å². The van der Waals surface area contributed by atoms with Crippen molar-refractivity contribution in [3.8, 4) is 0 Å². The predicted octanol–water partition coefficient (Wildman–Crippen LogP) is 2.45. The molecule has 0 spiro atoms. The van der Waals surface area contributed by atoms with Crippen LogP contribution in [0.1, 0.15) is 34.1 Å². The smallest absolute Gasteiger partial charge is 0.0232 e. The first kappa shape index (κ1) is 14.3. The van der Waals surface area contributed by atoms with Crippen molar-refractivity contribution in [3.63, 3.8) is 0 Å². The quantitative estimate of drug-likeness (QED) is 0.693. The molecule has 1 saturated heterocycles. The van der Waals surface area contributed by atoms with Crippen LogP contribution in [0.3, 0.4) is 0 Å². The van der Waals surface area contributed by atoms with Gasteiger partial charge in [0.25, 0.3) is 0 Å². The van der Waals surface area contributed by atoms with Gasteiger partial charge in [0.05, 0.1) is 0 Å². The molecule has 1 N–H and O–H groups in total. The number of nitrogens with one attached hydrogen (secondary N) is 1. The summed E-state index contributed by atoms with van der Waals surface area (Å²) in [5, 5.41) is 3.72. The topological polar surface area (TPSA) is 15.3 Å². The molecule has 0 radical (unpaired) electrons. The largest absolute Gasteiger partial charge is 0.312 e. The summed E-state index contributed by atoms with van der Waals surface area (Å²) in [6.45, 7) is 12.9. The van der Waals surface area contributed by atoms with Crippen molar-refractivity contribution < 1.29 is 0 Å². The molecular formula is C13H28N2S. The SMILES string of the molecule is CCSCCCNC1CN(C(C)C)CC1C. The minimum absolute atomic E-state index is 0.699. The molecule has 0 bridgehead atoms. The van der Waals surface area contributed by atoms with Gasteiger partial charge in [0.1, 0.15) is 0 Å². The number of thioether (sulfide) groups is 1. The lowest BCUT2D eigenvalue weighted by atomic mass is 10.1. The Labute approximate surface area is 106 Å². The van der Waals surface area contributed by atoms with Gasteiger partial charge in [0, 0.05) is 25.2 Å². The van der Waals surface area contributed by atoms with Crippen molar-refractivity contribution in [2.24, 2.45) is 5.92 Å². The highest BCUT2D eigenvalue weighted by Gasteiger charge is 2.29. The van der Waals surface area contributed by atoms with Gasteiger partial charge in [-0.2, -0.15) is 11.8 Å². The van der Waals surface area contributed by atoms with Crippen LogP contribution >= 0.6 is 11.8 Å². The van der Waals surface area contributed by atoms with Crippen molar-refractivity contribution in [1.82, 2.24) is 10.2 Å². The van der Waals surface area contributed by atoms with Gasteiger partial charge in [-0.1, -0.05) is 13.8 Å². The van der Waals surface area contributed by atoms with E-state index in [0.717, 1.165) is 5.92 Å². The zero-order chi connectivity index (χ0) is 12.0. The summed E-state index contributed by atoms with van der Waals surface area (Å²) in [5.74, 6) is 3.36. The first-order valence-corrected chi connectivity index (χ1v) is 7.85. The maximum absolute atomic E-state index is 3.72. The summed E-state index contributed by atoms with van der Waals surface area (Å²) in [6, 6.07) is 1.42. The highest BCUT2D eigenvalue weighted by molar-refractivity contribution is 7.99. The van der Waals surface area contributed by atoms with Crippen LogP contribution in [0.4, 0.5) is 0 Å². The Bertz CT molecular complexity index is 185. The Morgan fingerprint density at radius 3 is 2.69 bits per heavy atom. The van der Waals surface area contributed by atoms with Gasteiger partial charge in [-0.3, -0.25) is 4.90 Å². The molecule has 0 aliphatic carbocycles. The second kappa shape index (κ2) is 7.57. The molecule has 3 heteroatoms. The second-order valence-corrected chi connectivity index (χ2v) is 6.53. The van der Waals surface area contributed by atoms with Gasteiger partial charge < -0.3 is 5.32 Å². The zero-order valence-electron chi connectivity index (χ0n) is 11.3. The van der Waals surface area contributed by atoms with Gasteiger partial charge in [-0.25, -0.2) is 0 Å². The summed E-state index contributed by atoms with van der Waals surface area (Å²) in [6.07, 6.45) is 1.31. The van der Waals surface area contributed by atoms with Crippen LogP contribution < -0.4 is 5.32 Å². The van der Waals surface area contributed by atoms with Crippen molar-refractivity contribution >= 4 is 11.8 Å². The van der Waals surface area contributed by atoms with Gasteiger partial charge >= 0.3 is 0 Å². The van der Waals surface area contributed by atoms with Gasteiger partial charge in [0.2, 0.25) is 0 Å². The van der Waals surface area contributed by atoms with Crippen LogP contribution in [-0.2, 0) is 0 Å². The maximum Gasteiger partial charge on any atom is 0.0232 e. The van der Waals surface area contributed by atoms with Crippen LogP contribution in [-0.4, -0.2) is 48.1 Å². The predicted molar refractivity (Wildman–Crippen MR) is 75.3 cm³/mol. The van der Waals surface area contributed by atoms with Crippen LogP contribution in [0, 0.1) is 5.92 Å². The van der Waals surface area contributed by atoms with Crippen LogP contribution in [0.25, 0.3) is 0 Å². The maximum atomic E-state index is 3.72. The molecule has 0 aromatic carbocycles. The lowest BCUT2D eigenvalue weighted by Gasteiger charge is -2.20. The Hall–Kier alpha value is 0.270. The highest BCUT2D eigenvalue weighted by Crippen LogP contribution is 2.18. The van der Waals surface area contributed by atoms with Gasteiger partial charge in [-0.05, 0) is 44.2 Å². The van der Waals surface area contributed by atoms with Crippen molar-refractivity contribution in [1.29, 1.82) is 0 Å². The third-order valence-electron chi connectivity index (χ3n) is 3.45. The van der Waals surface area contributed by atoms with E-state index in [2.05, 4.69) is 37.9 Å². The average molecular weight is 244 g/mol. The van der Waals surface area contributed by atoms with E-state index in [-0.39, 0.29) is 0 Å². The second-order valence-electron chi connectivity index (χ2n) is 5.14. The molecule has 2 atom stereocenters. The lowest BCUT2D eigenvalue weighted by molar-refractivity contribution is 0.264. The van der Waals surface area contributed by atoms with E-state index < -0.39 is 0 Å². The van der Waals surface area contributed by atoms with Gasteiger partial charge in [0.15, 0.2) is 0 Å². The Kier molecular flexibility index (Phi) is 6.78. The van der Waals surface area contributed by atoms with Crippen molar-refractivity contribution in [3.05, 3.63) is 0 Å². The van der Waals surface area contributed by atoms with E-state index in [1.807, 2.05) is 11.8 Å². The van der Waals surface area contributed by atoms with E-state index >= 15 is 0 Å². The first-order valence-electron chi connectivity index (χ1n) is 6.70. The van der Waals surface area contributed by atoms with E-state index in [0.29, 0.717) is 12.1 Å². The van der Waals surface area contributed by atoms with Crippen molar-refractivity contribution in [2.75, 3.05) is 31.1 Å². The molecule has 2 nitrogen and oxygen atoms in total. The molecule has 0 aromatic heterocycles. The fourth-order valence-electron chi connectivity index (χ4n) is 2.30. The third kappa shape index (κ3) is 4.64. The fraction of sp³-hybridized carbons (Fsp3) is 1.00. The summed E-state index contributed by atoms with van der Waals surface area (Å²) in [7, 11) is 0. The standard InChI is InChI=1S/C13H28N2S/c1-5-16-8-6-7-14-13-10-15(11(2)3)9-12(13)4/h11-14H,5-10H2,1-4H3. The molecule has 96 valence electrons. The fourth-order valence-corrected chi connectivity index (χ4v) is 2.93. The zero-order valence-corrected chi connectivity index (χ0v) is 12.1.